The summed E-state index contributed by atoms with van der Waals surface area (Å²) in [5.74, 6) is 1.09. The SMILES string of the molecule is C=CNc1ncc(-c2cccc(NC(=O)Nc3cc(Cl)c(Cl)cc3Cl)c2)nc1NCc1ccncc1. The van der Waals surface area contributed by atoms with Gasteiger partial charge in [0.25, 0.3) is 0 Å². The lowest BCUT2D eigenvalue weighted by molar-refractivity contribution is 0.262. The minimum atomic E-state index is -0.497. The summed E-state index contributed by atoms with van der Waals surface area (Å²) in [6, 6.07) is 13.5. The molecular formula is C25H20Cl3N7O. The summed E-state index contributed by atoms with van der Waals surface area (Å²) in [4.78, 5) is 25.8. The van der Waals surface area contributed by atoms with Crippen LogP contribution in [0.25, 0.3) is 11.3 Å². The molecule has 2 aromatic carbocycles. The Hall–Kier alpha value is -3.85. The summed E-state index contributed by atoms with van der Waals surface area (Å²) in [5.41, 5.74) is 3.29. The number of benzene rings is 2. The van der Waals surface area contributed by atoms with E-state index in [1.165, 1.54) is 18.3 Å². The van der Waals surface area contributed by atoms with Crippen molar-refractivity contribution in [2.24, 2.45) is 0 Å². The topological polar surface area (TPSA) is 104 Å². The van der Waals surface area contributed by atoms with Gasteiger partial charge in [0.2, 0.25) is 0 Å². The molecule has 4 aromatic rings. The van der Waals surface area contributed by atoms with Crippen LogP contribution < -0.4 is 21.3 Å². The van der Waals surface area contributed by atoms with E-state index in [0.717, 1.165) is 11.1 Å². The van der Waals surface area contributed by atoms with Crippen LogP contribution >= 0.6 is 34.8 Å². The zero-order valence-electron chi connectivity index (χ0n) is 18.7. The molecule has 2 aromatic heterocycles. The average Bonchev–Trinajstić information content (AvgIpc) is 2.87. The fraction of sp³-hybridized carbons (Fsp3) is 0.0400. The molecule has 0 fully saturated rings. The predicted octanol–water partition coefficient (Wildman–Crippen LogP) is 7.31. The fourth-order valence-corrected chi connectivity index (χ4v) is 3.79. The van der Waals surface area contributed by atoms with Crippen LogP contribution in [-0.4, -0.2) is 21.0 Å². The molecule has 4 N–H and O–H groups in total. The van der Waals surface area contributed by atoms with Crippen LogP contribution in [0, 0.1) is 0 Å². The number of carbonyl (C=O) groups is 1. The zero-order valence-corrected chi connectivity index (χ0v) is 21.0. The van der Waals surface area contributed by atoms with E-state index < -0.39 is 6.03 Å². The molecule has 0 radical (unpaired) electrons. The highest BCUT2D eigenvalue weighted by molar-refractivity contribution is 6.44. The third-order valence-electron chi connectivity index (χ3n) is 4.89. The maximum absolute atomic E-state index is 12.6. The minimum absolute atomic E-state index is 0.267. The molecule has 36 heavy (non-hydrogen) atoms. The summed E-state index contributed by atoms with van der Waals surface area (Å²) >= 11 is 18.1. The lowest BCUT2D eigenvalue weighted by atomic mass is 10.1. The first-order valence-corrected chi connectivity index (χ1v) is 11.8. The Bertz CT molecular complexity index is 1400. The number of hydrogen-bond acceptors (Lipinski definition) is 6. The zero-order chi connectivity index (χ0) is 25.5. The summed E-state index contributed by atoms with van der Waals surface area (Å²) in [6.45, 7) is 4.23. The normalized spacial score (nSPS) is 10.4. The molecule has 4 rings (SSSR count). The Morgan fingerprint density at radius 2 is 1.72 bits per heavy atom. The molecule has 2 amide bonds. The van der Waals surface area contributed by atoms with Gasteiger partial charge >= 0.3 is 6.03 Å². The Morgan fingerprint density at radius 1 is 0.944 bits per heavy atom. The maximum atomic E-state index is 12.6. The van der Waals surface area contributed by atoms with Crippen molar-refractivity contribution in [3.63, 3.8) is 0 Å². The molecule has 2 heterocycles. The lowest BCUT2D eigenvalue weighted by Crippen LogP contribution is -2.19. The van der Waals surface area contributed by atoms with E-state index in [4.69, 9.17) is 39.8 Å². The Kier molecular flexibility index (Phi) is 8.22. The van der Waals surface area contributed by atoms with Gasteiger partial charge in [-0.2, -0.15) is 0 Å². The van der Waals surface area contributed by atoms with E-state index >= 15 is 0 Å². The van der Waals surface area contributed by atoms with Gasteiger partial charge < -0.3 is 21.3 Å². The second kappa shape index (κ2) is 11.7. The Morgan fingerprint density at radius 3 is 2.50 bits per heavy atom. The molecule has 182 valence electrons. The molecule has 0 unspecified atom stereocenters. The van der Waals surface area contributed by atoms with E-state index in [0.29, 0.717) is 40.3 Å². The first-order valence-electron chi connectivity index (χ1n) is 10.6. The largest absolute Gasteiger partial charge is 0.363 e. The number of rotatable bonds is 8. The number of halogens is 3. The highest BCUT2D eigenvalue weighted by Crippen LogP contribution is 2.32. The number of amides is 2. The summed E-state index contributed by atoms with van der Waals surface area (Å²) in [5, 5.41) is 12.6. The van der Waals surface area contributed by atoms with Gasteiger partial charge in [0.05, 0.1) is 32.6 Å². The number of anilines is 4. The summed E-state index contributed by atoms with van der Waals surface area (Å²) in [7, 11) is 0. The van der Waals surface area contributed by atoms with Gasteiger partial charge in [-0.05, 0) is 48.2 Å². The third-order valence-corrected chi connectivity index (χ3v) is 5.93. The Balaban J connectivity index is 1.51. The minimum Gasteiger partial charge on any atom is -0.363 e. The molecule has 0 aliphatic carbocycles. The van der Waals surface area contributed by atoms with Crippen molar-refractivity contribution < 1.29 is 4.79 Å². The van der Waals surface area contributed by atoms with Crippen LogP contribution in [0.1, 0.15) is 5.56 Å². The number of urea groups is 1. The highest BCUT2D eigenvalue weighted by Gasteiger charge is 2.12. The number of nitrogens with zero attached hydrogens (tertiary/aromatic N) is 3. The van der Waals surface area contributed by atoms with Crippen molar-refractivity contribution >= 4 is 63.8 Å². The van der Waals surface area contributed by atoms with Crippen LogP contribution in [0.2, 0.25) is 15.1 Å². The quantitative estimate of drug-likeness (QED) is 0.175. The molecule has 11 heteroatoms. The van der Waals surface area contributed by atoms with Gasteiger partial charge in [-0.1, -0.05) is 53.5 Å². The van der Waals surface area contributed by atoms with Crippen molar-refractivity contribution in [1.29, 1.82) is 0 Å². The summed E-state index contributed by atoms with van der Waals surface area (Å²) in [6.07, 6.45) is 6.63. The van der Waals surface area contributed by atoms with Crippen molar-refractivity contribution in [2.45, 2.75) is 6.54 Å². The molecule has 0 aliphatic rings. The van der Waals surface area contributed by atoms with Crippen molar-refractivity contribution in [1.82, 2.24) is 15.0 Å². The second-order valence-electron chi connectivity index (χ2n) is 7.42. The molecule has 0 atom stereocenters. The average molecular weight is 541 g/mol. The maximum Gasteiger partial charge on any atom is 0.323 e. The third kappa shape index (κ3) is 6.42. The number of aromatic nitrogens is 3. The Labute approximate surface area is 222 Å². The monoisotopic (exact) mass is 539 g/mol. The van der Waals surface area contributed by atoms with Gasteiger partial charge in [-0.3, -0.25) is 4.98 Å². The van der Waals surface area contributed by atoms with Gasteiger partial charge in [0.1, 0.15) is 0 Å². The molecule has 8 nitrogen and oxygen atoms in total. The molecule has 0 aliphatic heterocycles. The van der Waals surface area contributed by atoms with Crippen LogP contribution in [0.4, 0.5) is 27.8 Å². The first-order chi connectivity index (χ1) is 17.4. The molecular weight excluding hydrogens is 521 g/mol. The van der Waals surface area contributed by atoms with Gasteiger partial charge in [0, 0.05) is 30.2 Å². The van der Waals surface area contributed by atoms with Crippen LogP contribution in [-0.2, 0) is 6.54 Å². The first kappa shape index (κ1) is 25.2. The smallest absolute Gasteiger partial charge is 0.323 e. The van der Waals surface area contributed by atoms with Crippen LogP contribution in [0.15, 0.2) is 79.9 Å². The summed E-state index contributed by atoms with van der Waals surface area (Å²) < 4.78 is 0. The lowest BCUT2D eigenvalue weighted by Gasteiger charge is -2.13. The molecule has 0 bridgehead atoms. The predicted molar refractivity (Wildman–Crippen MR) is 147 cm³/mol. The van der Waals surface area contributed by atoms with E-state index in [1.54, 1.807) is 36.8 Å². The van der Waals surface area contributed by atoms with E-state index in [9.17, 15) is 4.79 Å². The number of carbonyl (C=O) groups excluding carboxylic acids is 1. The number of pyridine rings is 1. The van der Waals surface area contributed by atoms with Crippen LogP contribution in [0.5, 0.6) is 0 Å². The van der Waals surface area contributed by atoms with E-state index in [-0.39, 0.29) is 10.0 Å². The van der Waals surface area contributed by atoms with E-state index in [2.05, 4.69) is 37.8 Å². The van der Waals surface area contributed by atoms with Gasteiger partial charge in [-0.25, -0.2) is 14.8 Å². The highest BCUT2D eigenvalue weighted by atomic mass is 35.5. The molecule has 0 spiro atoms. The standard InChI is InChI=1S/C25H20Cl3N7O/c1-2-30-23-24(31-13-15-6-8-29-9-7-15)34-22(14-32-23)16-4-3-5-17(10-16)33-25(36)35-21-12-19(27)18(26)11-20(21)28/h2-12,14H,1,13H2,(H,30,32)(H,31,34)(H2,33,35,36). The van der Waals surface area contributed by atoms with Gasteiger partial charge in [-0.15, -0.1) is 0 Å². The fourth-order valence-electron chi connectivity index (χ4n) is 3.20. The van der Waals surface area contributed by atoms with Crippen molar-refractivity contribution in [2.75, 3.05) is 21.3 Å². The van der Waals surface area contributed by atoms with Gasteiger partial charge in [0.15, 0.2) is 11.6 Å². The van der Waals surface area contributed by atoms with E-state index in [1.807, 2.05) is 18.2 Å². The number of hydrogen-bond donors (Lipinski definition) is 4. The van der Waals surface area contributed by atoms with Crippen molar-refractivity contribution in [3.05, 3.63) is 101 Å². The number of nitrogens with one attached hydrogen (secondary N) is 4. The molecule has 0 saturated carbocycles. The molecule has 0 saturated heterocycles. The second-order valence-corrected chi connectivity index (χ2v) is 8.64. The van der Waals surface area contributed by atoms with Crippen LogP contribution in [0.3, 0.4) is 0 Å². The van der Waals surface area contributed by atoms with Crippen molar-refractivity contribution in [3.8, 4) is 11.3 Å².